The number of hydrogen-bond acceptors (Lipinski definition) is 6. The zero-order chi connectivity index (χ0) is 13.0. The Balaban J connectivity index is 2.16. The molecule has 0 amide bonds. The molecule has 2 N–H and O–H groups in total. The first-order chi connectivity index (χ1) is 8.70. The molecule has 2 aromatic rings. The van der Waals surface area contributed by atoms with Crippen LogP contribution in [0.2, 0.25) is 0 Å². The molecule has 0 aliphatic rings. The second-order valence-corrected chi connectivity index (χ2v) is 5.86. The van der Waals surface area contributed by atoms with Crippen LogP contribution in [0.3, 0.4) is 0 Å². The smallest absolute Gasteiger partial charge is 0.170 e. The Morgan fingerprint density at radius 1 is 1.50 bits per heavy atom. The maximum absolute atomic E-state index is 5.90. The lowest BCUT2D eigenvalue weighted by molar-refractivity contribution is 0.411. The molecule has 0 radical (unpaired) electrons. The number of methoxy groups -OCH3 is 1. The molecule has 2 rings (SSSR count). The number of aromatic nitrogens is 2. The molecule has 0 saturated carbocycles. The van der Waals surface area contributed by atoms with Gasteiger partial charge in [0.2, 0.25) is 0 Å². The average molecular weight is 281 g/mol. The number of nitrogens with zero attached hydrogens (tertiary/aromatic N) is 2. The van der Waals surface area contributed by atoms with Gasteiger partial charge in [-0.2, -0.15) is 4.37 Å². The van der Waals surface area contributed by atoms with Crippen molar-refractivity contribution in [3.8, 4) is 5.75 Å². The van der Waals surface area contributed by atoms with Crippen LogP contribution < -0.4 is 10.5 Å². The van der Waals surface area contributed by atoms with Crippen molar-refractivity contribution in [3.05, 3.63) is 35.7 Å². The number of benzene rings is 1. The van der Waals surface area contributed by atoms with E-state index in [1.165, 1.54) is 11.5 Å². The molecular formula is C12H15N3OS2. The zero-order valence-electron chi connectivity index (χ0n) is 10.3. The number of hydrogen-bond donors (Lipinski definition) is 1. The number of thioether (sulfide) groups is 1. The van der Waals surface area contributed by atoms with Crippen molar-refractivity contribution in [1.82, 2.24) is 9.36 Å². The van der Waals surface area contributed by atoms with Gasteiger partial charge in [0.05, 0.1) is 7.11 Å². The molecule has 1 atom stereocenters. The highest BCUT2D eigenvalue weighted by molar-refractivity contribution is 8.00. The highest BCUT2D eigenvalue weighted by Crippen LogP contribution is 2.30. The molecule has 1 unspecified atom stereocenters. The lowest BCUT2D eigenvalue weighted by atomic mass is 10.1. The minimum Gasteiger partial charge on any atom is -0.496 e. The van der Waals surface area contributed by atoms with Gasteiger partial charge in [0.25, 0.3) is 0 Å². The fourth-order valence-corrected chi connectivity index (χ4v) is 2.98. The summed E-state index contributed by atoms with van der Waals surface area (Å²) in [6.45, 7) is 1.98. The zero-order valence-corrected chi connectivity index (χ0v) is 11.9. The van der Waals surface area contributed by atoms with E-state index in [0.29, 0.717) is 0 Å². The topological polar surface area (TPSA) is 61.0 Å². The number of ether oxygens (including phenoxy) is 1. The Bertz CT molecular complexity index is 500. The van der Waals surface area contributed by atoms with Gasteiger partial charge in [-0.05, 0) is 36.2 Å². The molecule has 0 spiro atoms. The highest BCUT2D eigenvalue weighted by atomic mass is 32.2. The van der Waals surface area contributed by atoms with E-state index in [-0.39, 0.29) is 6.04 Å². The van der Waals surface area contributed by atoms with Crippen molar-refractivity contribution in [2.24, 2.45) is 5.73 Å². The predicted molar refractivity (Wildman–Crippen MR) is 75.1 cm³/mol. The van der Waals surface area contributed by atoms with Crippen LogP contribution in [0, 0.1) is 0 Å². The van der Waals surface area contributed by atoms with E-state index in [1.807, 2.05) is 19.1 Å². The van der Waals surface area contributed by atoms with Gasteiger partial charge in [-0.3, -0.25) is 0 Å². The maximum Gasteiger partial charge on any atom is 0.170 e. The van der Waals surface area contributed by atoms with E-state index in [2.05, 4.69) is 15.4 Å². The third-order valence-electron chi connectivity index (χ3n) is 2.52. The molecule has 0 aliphatic heterocycles. The van der Waals surface area contributed by atoms with E-state index < -0.39 is 0 Å². The van der Waals surface area contributed by atoms with Crippen LogP contribution in [0.5, 0.6) is 5.75 Å². The van der Waals surface area contributed by atoms with Crippen LogP contribution in [0.1, 0.15) is 24.1 Å². The van der Waals surface area contributed by atoms with Crippen molar-refractivity contribution in [1.29, 1.82) is 0 Å². The first-order valence-electron chi connectivity index (χ1n) is 5.52. The molecule has 0 saturated heterocycles. The standard InChI is InChI=1S/C12H15N3OS2/c1-8(13)9-3-4-11(16-2)10(5-9)6-17-12-14-7-15-18-12/h3-5,7-8H,6,13H2,1-2H3. The van der Waals surface area contributed by atoms with Crippen LogP contribution >= 0.6 is 23.3 Å². The second kappa shape index (κ2) is 6.17. The van der Waals surface area contributed by atoms with Gasteiger partial charge in [-0.25, -0.2) is 4.98 Å². The lowest BCUT2D eigenvalue weighted by Crippen LogP contribution is -2.05. The van der Waals surface area contributed by atoms with E-state index in [1.54, 1.807) is 25.2 Å². The van der Waals surface area contributed by atoms with Gasteiger partial charge in [0, 0.05) is 17.4 Å². The summed E-state index contributed by atoms with van der Waals surface area (Å²) in [6, 6.07) is 6.09. The fourth-order valence-electron chi connectivity index (χ4n) is 1.56. The largest absolute Gasteiger partial charge is 0.496 e. The minimum absolute atomic E-state index is 0.0289. The summed E-state index contributed by atoms with van der Waals surface area (Å²) in [5.74, 6) is 1.69. The average Bonchev–Trinajstić information content (AvgIpc) is 2.89. The van der Waals surface area contributed by atoms with Crippen LogP contribution in [0.25, 0.3) is 0 Å². The van der Waals surface area contributed by atoms with E-state index in [9.17, 15) is 0 Å². The molecule has 18 heavy (non-hydrogen) atoms. The molecule has 0 fully saturated rings. The third-order valence-corrected chi connectivity index (χ3v) is 4.37. The van der Waals surface area contributed by atoms with Crippen molar-refractivity contribution in [2.75, 3.05) is 7.11 Å². The van der Waals surface area contributed by atoms with Crippen molar-refractivity contribution < 1.29 is 4.74 Å². The number of rotatable bonds is 5. The van der Waals surface area contributed by atoms with Crippen LogP contribution in [0.4, 0.5) is 0 Å². The Morgan fingerprint density at radius 2 is 2.33 bits per heavy atom. The summed E-state index contributed by atoms with van der Waals surface area (Å²) in [5.41, 5.74) is 8.14. The summed E-state index contributed by atoms with van der Waals surface area (Å²) in [6.07, 6.45) is 1.57. The van der Waals surface area contributed by atoms with Crippen LogP contribution in [-0.2, 0) is 5.75 Å². The first-order valence-corrected chi connectivity index (χ1v) is 7.28. The minimum atomic E-state index is 0.0289. The van der Waals surface area contributed by atoms with Gasteiger partial charge in [0.1, 0.15) is 12.1 Å². The third kappa shape index (κ3) is 3.22. The molecule has 1 aromatic carbocycles. The SMILES string of the molecule is COc1ccc(C(C)N)cc1CSc1ncns1. The Kier molecular flexibility index (Phi) is 4.57. The Morgan fingerprint density at radius 3 is 2.94 bits per heavy atom. The van der Waals surface area contributed by atoms with Crippen molar-refractivity contribution in [2.45, 2.75) is 23.1 Å². The molecule has 1 aromatic heterocycles. The number of nitrogens with two attached hydrogens (primary N) is 1. The van der Waals surface area contributed by atoms with Gasteiger partial charge in [-0.15, -0.1) is 0 Å². The summed E-state index contributed by atoms with van der Waals surface area (Å²) < 4.78 is 10.3. The van der Waals surface area contributed by atoms with E-state index in [0.717, 1.165) is 27.0 Å². The molecule has 0 bridgehead atoms. The molecular weight excluding hydrogens is 266 g/mol. The van der Waals surface area contributed by atoms with Crippen molar-refractivity contribution in [3.63, 3.8) is 0 Å². The molecule has 96 valence electrons. The predicted octanol–water partition coefficient (Wildman–Crippen LogP) is 2.86. The summed E-state index contributed by atoms with van der Waals surface area (Å²) in [5, 5.41) is 0. The van der Waals surface area contributed by atoms with Gasteiger partial charge >= 0.3 is 0 Å². The van der Waals surface area contributed by atoms with Crippen LogP contribution in [0.15, 0.2) is 28.9 Å². The summed E-state index contributed by atoms with van der Waals surface area (Å²) >= 11 is 3.06. The van der Waals surface area contributed by atoms with E-state index >= 15 is 0 Å². The summed E-state index contributed by atoms with van der Waals surface area (Å²) in [7, 11) is 1.68. The quantitative estimate of drug-likeness (QED) is 0.854. The summed E-state index contributed by atoms with van der Waals surface area (Å²) in [4.78, 5) is 4.15. The molecule has 1 heterocycles. The second-order valence-electron chi connectivity index (χ2n) is 3.86. The first kappa shape index (κ1) is 13.3. The molecule has 0 aliphatic carbocycles. The van der Waals surface area contributed by atoms with Gasteiger partial charge in [0.15, 0.2) is 4.34 Å². The monoisotopic (exact) mass is 281 g/mol. The Labute approximate surface area is 115 Å². The van der Waals surface area contributed by atoms with E-state index in [4.69, 9.17) is 10.5 Å². The Hall–Kier alpha value is -1.11. The van der Waals surface area contributed by atoms with Crippen LogP contribution in [-0.4, -0.2) is 16.5 Å². The van der Waals surface area contributed by atoms with Gasteiger partial charge in [-0.1, -0.05) is 17.8 Å². The molecule has 4 nitrogen and oxygen atoms in total. The maximum atomic E-state index is 5.90. The lowest BCUT2D eigenvalue weighted by Gasteiger charge is -2.12. The normalized spacial score (nSPS) is 12.4. The van der Waals surface area contributed by atoms with Crippen molar-refractivity contribution >= 4 is 23.3 Å². The highest BCUT2D eigenvalue weighted by Gasteiger charge is 2.08. The van der Waals surface area contributed by atoms with Gasteiger partial charge < -0.3 is 10.5 Å². The fraction of sp³-hybridized carbons (Fsp3) is 0.333. The molecule has 6 heteroatoms.